The fraction of sp³-hybridized carbons (Fsp3) is 0.316. The van der Waals surface area contributed by atoms with Crippen LogP contribution in [0, 0.1) is 0 Å². The van der Waals surface area contributed by atoms with Crippen molar-refractivity contribution in [3.05, 3.63) is 54.6 Å². The molecule has 0 unspecified atom stereocenters. The molecular formula is C19H23ClN6O. The second kappa shape index (κ2) is 8.37. The molecule has 4 rings (SSSR count). The standard InChI is InChI=1S/C19H22N6O.ClH/c1-25-10-8-13(21-19(26)22-14-5-4-9-20-12-14)11-17(25)18-23-15-6-2-3-7-16(15)24-18;/h2-7,9,12-13,17H,8,10-11H2,1H3,(H,23,24)(H2,21,22,26);1H/t13-,17-;/m1./s1. The highest BCUT2D eigenvalue weighted by Gasteiger charge is 2.30. The topological polar surface area (TPSA) is 85.9 Å². The van der Waals surface area contributed by atoms with Gasteiger partial charge in [0.15, 0.2) is 0 Å². The van der Waals surface area contributed by atoms with Crippen molar-refractivity contribution in [3.63, 3.8) is 0 Å². The number of H-pyrrole nitrogens is 1. The van der Waals surface area contributed by atoms with Crippen molar-refractivity contribution < 1.29 is 4.79 Å². The number of aromatic amines is 1. The second-order valence-electron chi connectivity index (χ2n) is 6.70. The summed E-state index contributed by atoms with van der Waals surface area (Å²) in [6, 6.07) is 11.7. The number of hydrogen-bond acceptors (Lipinski definition) is 4. The van der Waals surface area contributed by atoms with Crippen molar-refractivity contribution in [1.29, 1.82) is 0 Å². The number of fused-ring (bicyclic) bond motifs is 1. The third-order valence-corrected chi connectivity index (χ3v) is 4.85. The summed E-state index contributed by atoms with van der Waals surface area (Å²) in [6.07, 6.45) is 5.04. The summed E-state index contributed by atoms with van der Waals surface area (Å²) in [4.78, 5) is 26.7. The molecule has 3 aromatic rings. The maximum absolute atomic E-state index is 12.3. The van der Waals surface area contributed by atoms with Gasteiger partial charge in [0.05, 0.1) is 29.0 Å². The molecule has 1 aromatic carbocycles. The Hall–Kier alpha value is -2.64. The molecule has 7 nitrogen and oxygen atoms in total. The number of rotatable bonds is 3. The van der Waals surface area contributed by atoms with Crippen LogP contribution in [0.15, 0.2) is 48.8 Å². The van der Waals surface area contributed by atoms with Gasteiger partial charge in [-0.1, -0.05) is 12.1 Å². The van der Waals surface area contributed by atoms with Gasteiger partial charge in [0.25, 0.3) is 0 Å². The molecule has 8 heteroatoms. The van der Waals surface area contributed by atoms with Gasteiger partial charge in [0, 0.05) is 18.8 Å². The van der Waals surface area contributed by atoms with E-state index in [2.05, 4.69) is 32.5 Å². The van der Waals surface area contributed by atoms with E-state index in [0.717, 1.165) is 36.2 Å². The number of aromatic nitrogens is 3. The van der Waals surface area contributed by atoms with Crippen molar-refractivity contribution in [1.82, 2.24) is 25.2 Å². The predicted octanol–water partition coefficient (Wildman–Crippen LogP) is 3.34. The van der Waals surface area contributed by atoms with Crippen LogP contribution < -0.4 is 10.6 Å². The molecule has 2 aromatic heterocycles. The number of para-hydroxylation sites is 2. The van der Waals surface area contributed by atoms with Crippen molar-refractivity contribution in [2.24, 2.45) is 0 Å². The van der Waals surface area contributed by atoms with E-state index in [-0.39, 0.29) is 30.5 Å². The Labute approximate surface area is 164 Å². The lowest BCUT2D eigenvalue weighted by atomic mass is 9.97. The van der Waals surface area contributed by atoms with Crippen LogP contribution in [-0.4, -0.2) is 45.5 Å². The lowest BCUT2D eigenvalue weighted by molar-refractivity contribution is 0.153. The molecule has 1 saturated heterocycles. The number of nitrogens with zero attached hydrogens (tertiary/aromatic N) is 3. The first-order chi connectivity index (χ1) is 12.7. The summed E-state index contributed by atoms with van der Waals surface area (Å²) in [5.41, 5.74) is 2.70. The molecule has 142 valence electrons. The summed E-state index contributed by atoms with van der Waals surface area (Å²) in [5.74, 6) is 0.952. The summed E-state index contributed by atoms with van der Waals surface area (Å²) >= 11 is 0. The zero-order valence-corrected chi connectivity index (χ0v) is 15.9. The maximum atomic E-state index is 12.3. The SMILES string of the molecule is CN1CC[C@@H](NC(=O)Nc2cccnc2)C[C@@H]1c1nc2ccccc2[nH]1.Cl. The number of anilines is 1. The Morgan fingerprint density at radius 1 is 1.26 bits per heavy atom. The largest absolute Gasteiger partial charge is 0.341 e. The molecule has 0 radical (unpaired) electrons. The molecule has 0 spiro atoms. The summed E-state index contributed by atoms with van der Waals surface area (Å²) in [6.45, 7) is 0.902. The van der Waals surface area contributed by atoms with Crippen molar-refractivity contribution in [2.75, 3.05) is 18.9 Å². The zero-order valence-electron chi connectivity index (χ0n) is 15.1. The van der Waals surface area contributed by atoms with Gasteiger partial charge in [-0.15, -0.1) is 12.4 Å². The van der Waals surface area contributed by atoms with E-state index in [9.17, 15) is 4.79 Å². The molecule has 2 atom stereocenters. The molecule has 3 heterocycles. The molecule has 2 amide bonds. The first kappa shape index (κ1) is 19.1. The van der Waals surface area contributed by atoms with Crippen molar-refractivity contribution in [2.45, 2.75) is 24.9 Å². The number of piperidine rings is 1. The minimum atomic E-state index is -0.198. The van der Waals surface area contributed by atoms with E-state index in [1.807, 2.05) is 30.3 Å². The summed E-state index contributed by atoms with van der Waals surface area (Å²) in [5, 5.41) is 5.90. The predicted molar refractivity (Wildman–Crippen MR) is 108 cm³/mol. The van der Waals surface area contributed by atoms with Crippen LogP contribution in [0.2, 0.25) is 0 Å². The lowest BCUT2D eigenvalue weighted by Crippen LogP contribution is -2.46. The van der Waals surface area contributed by atoms with Crippen LogP contribution >= 0.6 is 12.4 Å². The number of urea groups is 1. The molecule has 3 N–H and O–H groups in total. The number of hydrogen-bond donors (Lipinski definition) is 3. The molecule has 0 bridgehead atoms. The van der Waals surface area contributed by atoms with Crippen LogP contribution in [0.4, 0.5) is 10.5 Å². The Morgan fingerprint density at radius 2 is 2.11 bits per heavy atom. The van der Waals surface area contributed by atoms with Crippen molar-refractivity contribution in [3.8, 4) is 0 Å². The zero-order chi connectivity index (χ0) is 17.9. The van der Waals surface area contributed by atoms with Gasteiger partial charge in [-0.3, -0.25) is 9.88 Å². The van der Waals surface area contributed by atoms with E-state index in [1.165, 1.54) is 0 Å². The van der Waals surface area contributed by atoms with E-state index < -0.39 is 0 Å². The number of pyridine rings is 1. The van der Waals surface area contributed by atoms with Crippen LogP contribution in [0.25, 0.3) is 11.0 Å². The summed E-state index contributed by atoms with van der Waals surface area (Å²) in [7, 11) is 2.10. The van der Waals surface area contributed by atoms with Gasteiger partial charge in [-0.2, -0.15) is 0 Å². The van der Waals surface area contributed by atoms with Crippen LogP contribution in [0.3, 0.4) is 0 Å². The number of imidazole rings is 1. The maximum Gasteiger partial charge on any atom is 0.319 e. The number of amides is 2. The number of carbonyl (C=O) groups is 1. The molecule has 1 aliphatic rings. The Balaban J connectivity index is 0.00000210. The quantitative estimate of drug-likeness (QED) is 0.644. The van der Waals surface area contributed by atoms with Gasteiger partial charge in [0.1, 0.15) is 5.82 Å². The molecule has 27 heavy (non-hydrogen) atoms. The smallest absolute Gasteiger partial charge is 0.319 e. The molecular weight excluding hydrogens is 364 g/mol. The van der Waals surface area contributed by atoms with Gasteiger partial charge in [-0.25, -0.2) is 9.78 Å². The highest BCUT2D eigenvalue weighted by Crippen LogP contribution is 2.29. The Kier molecular flexibility index (Phi) is 5.93. The average Bonchev–Trinajstić information content (AvgIpc) is 3.08. The monoisotopic (exact) mass is 386 g/mol. The highest BCUT2D eigenvalue weighted by atomic mass is 35.5. The molecule has 1 aliphatic heterocycles. The highest BCUT2D eigenvalue weighted by molar-refractivity contribution is 5.89. The number of benzene rings is 1. The van der Waals surface area contributed by atoms with Crippen LogP contribution in [0.5, 0.6) is 0 Å². The second-order valence-corrected chi connectivity index (χ2v) is 6.70. The number of nitrogens with one attached hydrogen (secondary N) is 3. The Morgan fingerprint density at radius 3 is 2.89 bits per heavy atom. The van der Waals surface area contributed by atoms with Gasteiger partial charge in [0.2, 0.25) is 0 Å². The number of likely N-dealkylation sites (tertiary alicyclic amines) is 1. The van der Waals surface area contributed by atoms with E-state index in [1.54, 1.807) is 18.5 Å². The van der Waals surface area contributed by atoms with Crippen LogP contribution in [-0.2, 0) is 0 Å². The lowest BCUT2D eigenvalue weighted by Gasteiger charge is -2.36. The number of halogens is 1. The summed E-state index contributed by atoms with van der Waals surface area (Å²) < 4.78 is 0. The number of carbonyl (C=O) groups excluding carboxylic acids is 1. The minimum Gasteiger partial charge on any atom is -0.341 e. The van der Waals surface area contributed by atoms with Gasteiger partial charge < -0.3 is 15.6 Å². The first-order valence-corrected chi connectivity index (χ1v) is 8.81. The molecule has 0 aliphatic carbocycles. The van der Waals surface area contributed by atoms with Gasteiger partial charge in [-0.05, 0) is 44.2 Å². The third kappa shape index (κ3) is 4.37. The fourth-order valence-corrected chi connectivity index (χ4v) is 3.45. The van der Waals surface area contributed by atoms with E-state index in [0.29, 0.717) is 5.69 Å². The molecule has 0 saturated carbocycles. The van der Waals surface area contributed by atoms with E-state index in [4.69, 9.17) is 4.98 Å². The third-order valence-electron chi connectivity index (χ3n) is 4.85. The average molecular weight is 387 g/mol. The van der Waals surface area contributed by atoms with E-state index >= 15 is 0 Å². The molecule has 1 fully saturated rings. The first-order valence-electron chi connectivity index (χ1n) is 8.81. The van der Waals surface area contributed by atoms with Gasteiger partial charge >= 0.3 is 6.03 Å². The fourth-order valence-electron chi connectivity index (χ4n) is 3.45. The van der Waals surface area contributed by atoms with Crippen molar-refractivity contribution >= 4 is 35.2 Å². The Bertz CT molecular complexity index is 866. The normalized spacial score (nSPS) is 20.0. The minimum absolute atomic E-state index is 0. The van der Waals surface area contributed by atoms with Crippen LogP contribution in [0.1, 0.15) is 24.7 Å².